The summed E-state index contributed by atoms with van der Waals surface area (Å²) in [7, 11) is 0. The molecular formula is C16H18N4S. The van der Waals surface area contributed by atoms with Crippen molar-refractivity contribution in [3.05, 3.63) is 40.9 Å². The van der Waals surface area contributed by atoms with Crippen molar-refractivity contribution in [2.24, 2.45) is 0 Å². The third kappa shape index (κ3) is 2.64. The van der Waals surface area contributed by atoms with Gasteiger partial charge in [-0.25, -0.2) is 0 Å². The monoisotopic (exact) mass is 298 g/mol. The van der Waals surface area contributed by atoms with Crippen LogP contribution in [0.15, 0.2) is 30.3 Å². The number of hydrogen-bond acceptors (Lipinski definition) is 5. The standard InChI is InChI=1S/C16H18N4S/c1-2-16(11-13-7-4-3-5-8-13)9-6-10-20(16)15-19-18-14(12-17)21-15/h3-5,7-8H,2,6,9-11H2,1H3. The summed E-state index contributed by atoms with van der Waals surface area (Å²) in [5.74, 6) is 0. The third-order valence-corrected chi connectivity index (χ3v) is 5.22. The molecular weight excluding hydrogens is 280 g/mol. The fraction of sp³-hybridized carbons (Fsp3) is 0.438. The van der Waals surface area contributed by atoms with Crippen LogP contribution in [-0.2, 0) is 6.42 Å². The van der Waals surface area contributed by atoms with Gasteiger partial charge in [-0.3, -0.25) is 0 Å². The van der Waals surface area contributed by atoms with Crippen LogP contribution in [0.2, 0.25) is 0 Å². The molecule has 1 unspecified atom stereocenters. The minimum Gasteiger partial charge on any atom is -0.341 e. The lowest BCUT2D eigenvalue weighted by Gasteiger charge is -2.38. The lowest BCUT2D eigenvalue weighted by Crippen LogP contribution is -2.45. The second kappa shape index (κ2) is 5.82. The van der Waals surface area contributed by atoms with Gasteiger partial charge >= 0.3 is 0 Å². The largest absolute Gasteiger partial charge is 0.341 e. The van der Waals surface area contributed by atoms with Crippen LogP contribution in [0.25, 0.3) is 0 Å². The molecule has 1 aromatic heterocycles. The molecule has 0 amide bonds. The average Bonchev–Trinajstić information content (AvgIpc) is 3.15. The van der Waals surface area contributed by atoms with Crippen LogP contribution in [0, 0.1) is 11.3 Å². The predicted molar refractivity (Wildman–Crippen MR) is 84.4 cm³/mol. The van der Waals surface area contributed by atoms with Gasteiger partial charge < -0.3 is 4.90 Å². The average molecular weight is 298 g/mol. The van der Waals surface area contributed by atoms with Gasteiger partial charge in [-0.1, -0.05) is 48.6 Å². The first-order chi connectivity index (χ1) is 10.3. The highest BCUT2D eigenvalue weighted by molar-refractivity contribution is 7.15. The Morgan fingerprint density at radius 3 is 2.81 bits per heavy atom. The van der Waals surface area contributed by atoms with Gasteiger partial charge in [0.1, 0.15) is 6.07 Å². The first-order valence-corrected chi connectivity index (χ1v) is 8.14. The van der Waals surface area contributed by atoms with Gasteiger partial charge in [0.2, 0.25) is 10.1 Å². The number of rotatable bonds is 4. The maximum Gasteiger partial charge on any atom is 0.219 e. The van der Waals surface area contributed by atoms with Crippen LogP contribution in [0.3, 0.4) is 0 Å². The summed E-state index contributed by atoms with van der Waals surface area (Å²) in [5, 5.41) is 18.5. The molecule has 1 aliphatic heterocycles. The van der Waals surface area contributed by atoms with Crippen molar-refractivity contribution in [3.63, 3.8) is 0 Å². The molecule has 3 rings (SSSR count). The van der Waals surface area contributed by atoms with E-state index >= 15 is 0 Å². The molecule has 1 atom stereocenters. The molecule has 0 N–H and O–H groups in total. The molecule has 0 saturated carbocycles. The van der Waals surface area contributed by atoms with Gasteiger partial charge in [0.25, 0.3) is 0 Å². The second-order valence-electron chi connectivity index (χ2n) is 5.50. The van der Waals surface area contributed by atoms with Crippen LogP contribution in [0.5, 0.6) is 0 Å². The van der Waals surface area contributed by atoms with E-state index < -0.39 is 0 Å². The topological polar surface area (TPSA) is 52.8 Å². The summed E-state index contributed by atoms with van der Waals surface area (Å²) in [6, 6.07) is 12.7. The van der Waals surface area contributed by atoms with E-state index in [-0.39, 0.29) is 5.54 Å². The first kappa shape index (κ1) is 14.0. The summed E-state index contributed by atoms with van der Waals surface area (Å²) in [5.41, 5.74) is 1.46. The quantitative estimate of drug-likeness (QED) is 0.868. The minimum atomic E-state index is 0.105. The van der Waals surface area contributed by atoms with E-state index in [1.165, 1.54) is 29.7 Å². The highest BCUT2D eigenvalue weighted by Crippen LogP contribution is 2.40. The molecule has 2 aromatic rings. The van der Waals surface area contributed by atoms with Crippen LogP contribution >= 0.6 is 11.3 Å². The summed E-state index contributed by atoms with van der Waals surface area (Å²) in [6.45, 7) is 3.24. The number of aromatic nitrogens is 2. The van der Waals surface area contributed by atoms with Crippen molar-refractivity contribution in [2.45, 2.75) is 38.1 Å². The third-order valence-electron chi connectivity index (χ3n) is 4.37. The first-order valence-electron chi connectivity index (χ1n) is 7.32. The SMILES string of the molecule is CCC1(Cc2ccccc2)CCCN1c1nnc(C#N)s1. The van der Waals surface area contributed by atoms with Crippen LogP contribution in [-0.4, -0.2) is 22.3 Å². The highest BCUT2D eigenvalue weighted by atomic mass is 32.1. The van der Waals surface area contributed by atoms with Gasteiger partial charge in [0, 0.05) is 12.1 Å². The molecule has 1 saturated heterocycles. The zero-order chi connectivity index (χ0) is 14.7. The van der Waals surface area contributed by atoms with E-state index in [2.05, 4.69) is 58.4 Å². The van der Waals surface area contributed by atoms with Crippen LogP contribution in [0.4, 0.5) is 5.13 Å². The molecule has 0 spiro atoms. The maximum atomic E-state index is 8.96. The van der Waals surface area contributed by atoms with Crippen LogP contribution < -0.4 is 4.90 Å². The fourth-order valence-electron chi connectivity index (χ4n) is 3.26. The zero-order valence-electron chi connectivity index (χ0n) is 12.1. The Kier molecular flexibility index (Phi) is 3.89. The smallest absolute Gasteiger partial charge is 0.219 e. The number of nitrogens with zero attached hydrogens (tertiary/aromatic N) is 4. The van der Waals surface area contributed by atoms with Gasteiger partial charge in [0.05, 0.1) is 0 Å². The lowest BCUT2D eigenvalue weighted by atomic mass is 9.86. The summed E-state index contributed by atoms with van der Waals surface area (Å²) >= 11 is 1.40. The Morgan fingerprint density at radius 2 is 2.14 bits per heavy atom. The molecule has 108 valence electrons. The van der Waals surface area contributed by atoms with Crippen molar-refractivity contribution in [2.75, 3.05) is 11.4 Å². The number of benzene rings is 1. The van der Waals surface area contributed by atoms with Gasteiger partial charge in [-0.15, -0.1) is 10.2 Å². The number of nitriles is 1. The van der Waals surface area contributed by atoms with Gasteiger partial charge in [0.15, 0.2) is 0 Å². The Labute approximate surface area is 129 Å². The predicted octanol–water partition coefficient (Wildman–Crippen LogP) is 3.40. The molecule has 0 bridgehead atoms. The molecule has 1 fully saturated rings. The van der Waals surface area contributed by atoms with Crippen molar-refractivity contribution in [1.82, 2.24) is 10.2 Å². The Morgan fingerprint density at radius 1 is 1.33 bits per heavy atom. The van der Waals surface area contributed by atoms with E-state index in [1.54, 1.807) is 0 Å². The molecule has 5 heteroatoms. The summed E-state index contributed by atoms with van der Waals surface area (Å²) in [4.78, 5) is 2.37. The van der Waals surface area contributed by atoms with E-state index in [9.17, 15) is 0 Å². The molecule has 21 heavy (non-hydrogen) atoms. The van der Waals surface area contributed by atoms with Gasteiger partial charge in [-0.05, 0) is 31.2 Å². The normalized spacial score (nSPS) is 21.4. The zero-order valence-corrected chi connectivity index (χ0v) is 12.9. The minimum absolute atomic E-state index is 0.105. The van der Waals surface area contributed by atoms with Crippen molar-refractivity contribution < 1.29 is 0 Å². The molecule has 1 aromatic carbocycles. The molecule has 2 heterocycles. The maximum absolute atomic E-state index is 8.96. The fourth-order valence-corrected chi connectivity index (χ4v) is 4.04. The van der Waals surface area contributed by atoms with Crippen molar-refractivity contribution in [3.8, 4) is 6.07 Å². The lowest BCUT2D eigenvalue weighted by molar-refractivity contribution is 0.406. The van der Waals surface area contributed by atoms with E-state index in [0.717, 1.165) is 24.5 Å². The summed E-state index contributed by atoms with van der Waals surface area (Å²) < 4.78 is 0. The second-order valence-corrected chi connectivity index (χ2v) is 6.45. The Hall–Kier alpha value is -1.93. The van der Waals surface area contributed by atoms with Gasteiger partial charge in [-0.2, -0.15) is 5.26 Å². The van der Waals surface area contributed by atoms with Crippen molar-refractivity contribution in [1.29, 1.82) is 5.26 Å². The van der Waals surface area contributed by atoms with Crippen molar-refractivity contribution >= 4 is 16.5 Å². The molecule has 1 aliphatic rings. The van der Waals surface area contributed by atoms with E-state index in [4.69, 9.17) is 5.26 Å². The summed E-state index contributed by atoms with van der Waals surface area (Å²) in [6.07, 6.45) is 4.43. The van der Waals surface area contributed by atoms with E-state index in [0.29, 0.717) is 5.01 Å². The molecule has 0 aliphatic carbocycles. The van der Waals surface area contributed by atoms with E-state index in [1.807, 2.05) is 0 Å². The van der Waals surface area contributed by atoms with Crippen LogP contribution in [0.1, 0.15) is 36.8 Å². The number of anilines is 1. The molecule has 4 nitrogen and oxygen atoms in total. The highest BCUT2D eigenvalue weighted by Gasteiger charge is 2.41. The Bertz CT molecular complexity index is 646. The number of hydrogen-bond donors (Lipinski definition) is 0. The Balaban J connectivity index is 1.90. The molecule has 0 radical (unpaired) electrons.